The van der Waals surface area contributed by atoms with Crippen LogP contribution in [0.1, 0.15) is 24.1 Å². The molecule has 2 amide bonds. The molecule has 7 nitrogen and oxygen atoms in total. The predicted molar refractivity (Wildman–Crippen MR) is 95.9 cm³/mol. The fourth-order valence-electron chi connectivity index (χ4n) is 2.78. The van der Waals surface area contributed by atoms with E-state index in [4.69, 9.17) is 9.47 Å². The van der Waals surface area contributed by atoms with Crippen LogP contribution in [0.4, 0.5) is 0 Å². The first-order valence-electron chi connectivity index (χ1n) is 8.01. The second kappa shape index (κ2) is 7.26. The van der Waals surface area contributed by atoms with Gasteiger partial charge in [0.1, 0.15) is 11.5 Å². The molecule has 7 heteroatoms. The highest BCUT2D eigenvalue weighted by atomic mass is 16.5. The van der Waals surface area contributed by atoms with E-state index in [0.29, 0.717) is 28.5 Å². The Morgan fingerprint density at radius 2 is 1.85 bits per heavy atom. The Morgan fingerprint density at radius 1 is 1.12 bits per heavy atom. The number of carbonyl (C=O) groups is 2. The van der Waals surface area contributed by atoms with E-state index >= 15 is 0 Å². The van der Waals surface area contributed by atoms with Crippen LogP contribution in [0.3, 0.4) is 0 Å². The van der Waals surface area contributed by atoms with Crippen molar-refractivity contribution in [2.24, 2.45) is 5.10 Å². The molecular weight excluding hydrogens is 334 g/mol. The number of hydrogen-bond acceptors (Lipinski definition) is 5. The molecule has 1 heterocycles. The average molecular weight is 353 g/mol. The van der Waals surface area contributed by atoms with Gasteiger partial charge < -0.3 is 14.8 Å². The number of methoxy groups -OCH3 is 2. The molecule has 1 aliphatic heterocycles. The lowest BCUT2D eigenvalue weighted by atomic mass is 10.0. The van der Waals surface area contributed by atoms with Gasteiger partial charge in [0.05, 0.1) is 14.2 Å². The molecule has 1 aliphatic rings. The summed E-state index contributed by atoms with van der Waals surface area (Å²) in [5, 5.41) is 8.31. The van der Waals surface area contributed by atoms with E-state index in [1.165, 1.54) is 19.0 Å². The van der Waals surface area contributed by atoms with Crippen LogP contribution in [0.5, 0.6) is 11.5 Å². The van der Waals surface area contributed by atoms with Gasteiger partial charge in [0.15, 0.2) is 11.9 Å². The first-order valence-corrected chi connectivity index (χ1v) is 8.01. The van der Waals surface area contributed by atoms with Crippen molar-refractivity contribution in [2.75, 3.05) is 14.2 Å². The molecule has 0 saturated heterocycles. The van der Waals surface area contributed by atoms with E-state index in [2.05, 4.69) is 10.4 Å². The summed E-state index contributed by atoms with van der Waals surface area (Å²) in [6, 6.07) is 13.3. The molecule has 0 fully saturated rings. The first-order chi connectivity index (χ1) is 12.5. The number of amidine groups is 1. The summed E-state index contributed by atoms with van der Waals surface area (Å²) in [6.45, 7) is 1.37. The predicted octanol–water partition coefficient (Wildman–Crippen LogP) is 2.08. The Bertz CT molecular complexity index is 864. The Morgan fingerprint density at radius 3 is 2.46 bits per heavy atom. The normalized spacial score (nSPS) is 16.6. The van der Waals surface area contributed by atoms with Gasteiger partial charge in [-0.3, -0.25) is 9.59 Å². The lowest BCUT2D eigenvalue weighted by Crippen LogP contribution is -2.48. The quantitative estimate of drug-likeness (QED) is 0.913. The number of rotatable bonds is 4. The van der Waals surface area contributed by atoms with Crippen molar-refractivity contribution in [3.8, 4) is 11.5 Å². The molecular formula is C19H19N3O4. The van der Waals surface area contributed by atoms with Crippen LogP contribution in [0.25, 0.3) is 0 Å². The number of ether oxygens (including phenoxy) is 2. The van der Waals surface area contributed by atoms with E-state index < -0.39 is 6.04 Å². The molecule has 0 saturated carbocycles. The number of carbonyl (C=O) groups excluding carboxylic acids is 2. The molecule has 26 heavy (non-hydrogen) atoms. The number of hydrogen-bond donors (Lipinski definition) is 1. The van der Waals surface area contributed by atoms with E-state index in [1.54, 1.807) is 25.3 Å². The minimum Gasteiger partial charge on any atom is -0.497 e. The fraction of sp³-hybridized carbons (Fsp3) is 0.211. The summed E-state index contributed by atoms with van der Waals surface area (Å²) in [5.74, 6) is 0.641. The van der Waals surface area contributed by atoms with Gasteiger partial charge in [-0.05, 0) is 12.1 Å². The zero-order chi connectivity index (χ0) is 18.7. The maximum atomic E-state index is 12.8. The van der Waals surface area contributed by atoms with E-state index in [-0.39, 0.29) is 11.8 Å². The maximum Gasteiger partial charge on any atom is 0.255 e. The number of nitrogens with one attached hydrogen (secondary N) is 1. The van der Waals surface area contributed by atoms with Crippen molar-refractivity contribution in [3.63, 3.8) is 0 Å². The Kier molecular flexibility index (Phi) is 4.88. The molecule has 2 aromatic carbocycles. The van der Waals surface area contributed by atoms with Crippen molar-refractivity contribution in [3.05, 3.63) is 59.7 Å². The highest BCUT2D eigenvalue weighted by Crippen LogP contribution is 2.34. The largest absolute Gasteiger partial charge is 0.497 e. The molecule has 1 atom stereocenters. The van der Waals surface area contributed by atoms with Gasteiger partial charge in [0.25, 0.3) is 5.91 Å². The fourth-order valence-corrected chi connectivity index (χ4v) is 2.78. The van der Waals surface area contributed by atoms with E-state index in [0.717, 1.165) is 0 Å². The van der Waals surface area contributed by atoms with Crippen molar-refractivity contribution in [2.45, 2.75) is 13.0 Å². The van der Waals surface area contributed by atoms with Crippen LogP contribution >= 0.6 is 0 Å². The smallest absolute Gasteiger partial charge is 0.255 e. The highest BCUT2D eigenvalue weighted by molar-refractivity contribution is 6.11. The van der Waals surface area contributed by atoms with Crippen LogP contribution in [0.15, 0.2) is 53.6 Å². The number of hydrazone groups is 1. The summed E-state index contributed by atoms with van der Waals surface area (Å²) in [5.41, 5.74) is 1.24. The summed E-state index contributed by atoms with van der Waals surface area (Å²) in [4.78, 5) is 25.0. The molecule has 3 rings (SSSR count). The third-order valence-electron chi connectivity index (χ3n) is 4.05. The van der Waals surface area contributed by atoms with Crippen molar-refractivity contribution in [1.82, 2.24) is 10.3 Å². The molecule has 134 valence electrons. The molecule has 0 radical (unpaired) electrons. The third-order valence-corrected chi connectivity index (χ3v) is 4.05. The molecule has 0 bridgehead atoms. The standard InChI is InChI=1S/C19H19N3O4/c1-12(23)22-17(15-10-9-14(25-2)11-16(15)26-3)19(24)20-18(21-22)13-7-5-4-6-8-13/h4-11,17H,1-3H3,(H,20,21,24). The minimum atomic E-state index is -0.930. The van der Waals surface area contributed by atoms with Crippen LogP contribution in [0.2, 0.25) is 0 Å². The Balaban J connectivity index is 2.07. The van der Waals surface area contributed by atoms with Crippen LogP contribution in [0, 0.1) is 0 Å². The molecule has 0 aromatic heterocycles. The van der Waals surface area contributed by atoms with Gasteiger partial charge in [0, 0.05) is 24.1 Å². The molecule has 2 aromatic rings. The molecule has 0 spiro atoms. The zero-order valence-corrected chi connectivity index (χ0v) is 14.7. The van der Waals surface area contributed by atoms with Crippen molar-refractivity contribution in [1.29, 1.82) is 0 Å². The second-order valence-electron chi connectivity index (χ2n) is 5.68. The lowest BCUT2D eigenvalue weighted by Gasteiger charge is -2.32. The summed E-state index contributed by atoms with van der Waals surface area (Å²) in [6.07, 6.45) is 0. The third kappa shape index (κ3) is 3.23. The number of nitrogens with zero attached hydrogens (tertiary/aromatic N) is 2. The second-order valence-corrected chi connectivity index (χ2v) is 5.68. The van der Waals surface area contributed by atoms with Crippen LogP contribution in [-0.2, 0) is 9.59 Å². The van der Waals surface area contributed by atoms with Crippen molar-refractivity contribution < 1.29 is 19.1 Å². The van der Waals surface area contributed by atoms with E-state index in [1.807, 2.05) is 30.3 Å². The van der Waals surface area contributed by atoms with Crippen molar-refractivity contribution >= 4 is 17.6 Å². The van der Waals surface area contributed by atoms with Crippen LogP contribution in [-0.4, -0.2) is 36.9 Å². The van der Waals surface area contributed by atoms with Gasteiger partial charge in [-0.25, -0.2) is 5.01 Å². The lowest BCUT2D eigenvalue weighted by molar-refractivity contribution is -0.139. The topological polar surface area (TPSA) is 80.2 Å². The number of amides is 2. The van der Waals surface area contributed by atoms with Gasteiger partial charge in [-0.1, -0.05) is 30.3 Å². The van der Waals surface area contributed by atoms with Gasteiger partial charge in [0.2, 0.25) is 5.91 Å². The minimum absolute atomic E-state index is 0.328. The average Bonchev–Trinajstić information content (AvgIpc) is 2.67. The first kappa shape index (κ1) is 17.5. The molecule has 1 N–H and O–H groups in total. The van der Waals surface area contributed by atoms with Gasteiger partial charge in [-0.15, -0.1) is 0 Å². The van der Waals surface area contributed by atoms with Crippen LogP contribution < -0.4 is 14.8 Å². The summed E-state index contributed by atoms with van der Waals surface area (Å²) < 4.78 is 10.6. The number of benzene rings is 2. The monoisotopic (exact) mass is 353 g/mol. The van der Waals surface area contributed by atoms with E-state index in [9.17, 15) is 9.59 Å². The Labute approximate surface area is 151 Å². The summed E-state index contributed by atoms with van der Waals surface area (Å²) >= 11 is 0. The Hall–Kier alpha value is -3.35. The zero-order valence-electron chi connectivity index (χ0n) is 14.7. The summed E-state index contributed by atoms with van der Waals surface area (Å²) in [7, 11) is 3.04. The highest BCUT2D eigenvalue weighted by Gasteiger charge is 2.37. The SMILES string of the molecule is COc1ccc(C2C(=O)NC(c3ccccc3)=NN2C(C)=O)c(OC)c1. The maximum absolute atomic E-state index is 12.8. The van der Waals surface area contributed by atoms with Gasteiger partial charge in [-0.2, -0.15) is 5.10 Å². The van der Waals surface area contributed by atoms with Gasteiger partial charge >= 0.3 is 0 Å². The molecule has 0 aliphatic carbocycles. The molecule has 1 unspecified atom stereocenters.